The molecule has 2 N–H and O–H groups in total. The summed E-state index contributed by atoms with van der Waals surface area (Å²) < 4.78 is 57.6. The maximum Gasteiger partial charge on any atom is 0.186 e. The lowest BCUT2D eigenvalue weighted by Crippen LogP contribution is -2.02. The van der Waals surface area contributed by atoms with E-state index in [-0.39, 0.29) is 17.6 Å². The van der Waals surface area contributed by atoms with Gasteiger partial charge in [-0.05, 0) is 23.8 Å². The second-order valence-corrected chi connectivity index (χ2v) is 4.14. The van der Waals surface area contributed by atoms with Gasteiger partial charge in [0.05, 0.1) is 13.3 Å². The predicted molar refractivity (Wildman–Crippen MR) is 72.1 cm³/mol. The third-order valence-corrected chi connectivity index (χ3v) is 2.71. The fraction of sp³-hybridized carbons (Fsp3) is 0.0714. The Kier molecular flexibility index (Phi) is 4.50. The lowest BCUT2D eigenvalue weighted by Gasteiger charge is -2.06. The number of hydrogen-bond acceptors (Lipinski definition) is 4. The molecule has 0 heterocycles. The molecule has 4 nitrogen and oxygen atoms in total. The van der Waals surface area contributed by atoms with E-state index in [1.807, 2.05) is 5.43 Å². The lowest BCUT2D eigenvalue weighted by molar-refractivity contribution is 0.373. The van der Waals surface area contributed by atoms with Crippen LogP contribution in [0.1, 0.15) is 5.56 Å². The maximum atomic E-state index is 13.4. The molecular formula is C14H10F4N2O2. The van der Waals surface area contributed by atoms with E-state index in [2.05, 4.69) is 5.10 Å². The van der Waals surface area contributed by atoms with Gasteiger partial charge in [0.15, 0.2) is 34.8 Å². The summed E-state index contributed by atoms with van der Waals surface area (Å²) in [5.41, 5.74) is 1.27. The second kappa shape index (κ2) is 6.33. The predicted octanol–water partition coefficient (Wildman–Crippen LogP) is 3.40. The zero-order valence-electron chi connectivity index (χ0n) is 11.2. The number of ether oxygens (including phenoxy) is 1. The van der Waals surface area contributed by atoms with Crippen molar-refractivity contribution in [3.63, 3.8) is 0 Å². The first-order chi connectivity index (χ1) is 10.4. The van der Waals surface area contributed by atoms with Crippen molar-refractivity contribution in [1.82, 2.24) is 0 Å². The van der Waals surface area contributed by atoms with Crippen LogP contribution in [0, 0.1) is 23.3 Å². The number of anilines is 1. The van der Waals surface area contributed by atoms with E-state index < -0.39 is 29.0 Å². The van der Waals surface area contributed by atoms with Gasteiger partial charge in [-0.2, -0.15) is 5.10 Å². The fourth-order valence-corrected chi connectivity index (χ4v) is 1.62. The Hall–Kier alpha value is -2.77. The SMILES string of the molecule is COc1cc(C=NNc2c(F)c(F)cc(F)c2F)ccc1O. The summed E-state index contributed by atoms with van der Waals surface area (Å²) in [4.78, 5) is 0. The number of nitrogens with zero attached hydrogens (tertiary/aromatic N) is 1. The fourth-order valence-electron chi connectivity index (χ4n) is 1.62. The van der Waals surface area contributed by atoms with Gasteiger partial charge in [0, 0.05) is 6.07 Å². The monoisotopic (exact) mass is 314 g/mol. The molecule has 0 fully saturated rings. The van der Waals surface area contributed by atoms with Crippen LogP contribution in [-0.2, 0) is 0 Å². The van der Waals surface area contributed by atoms with Crippen LogP contribution < -0.4 is 10.2 Å². The number of nitrogens with one attached hydrogen (secondary N) is 1. The summed E-state index contributed by atoms with van der Waals surface area (Å²) in [7, 11) is 1.34. The zero-order valence-corrected chi connectivity index (χ0v) is 11.2. The maximum absolute atomic E-state index is 13.4. The molecule has 116 valence electrons. The molecule has 0 saturated heterocycles. The minimum absolute atomic E-state index is 0.100. The quantitative estimate of drug-likeness (QED) is 0.393. The Bertz CT molecular complexity index is 709. The zero-order chi connectivity index (χ0) is 16.3. The first-order valence-electron chi connectivity index (χ1n) is 5.93. The van der Waals surface area contributed by atoms with Crippen LogP contribution in [0.15, 0.2) is 29.4 Å². The van der Waals surface area contributed by atoms with E-state index in [0.29, 0.717) is 5.56 Å². The van der Waals surface area contributed by atoms with Crippen molar-refractivity contribution in [2.45, 2.75) is 0 Å². The Morgan fingerprint density at radius 2 is 1.73 bits per heavy atom. The molecular weight excluding hydrogens is 304 g/mol. The highest BCUT2D eigenvalue weighted by Crippen LogP contribution is 2.26. The molecule has 0 spiro atoms. The lowest BCUT2D eigenvalue weighted by atomic mass is 10.2. The summed E-state index contributed by atoms with van der Waals surface area (Å²) in [6.07, 6.45) is 1.13. The molecule has 2 aromatic rings. The summed E-state index contributed by atoms with van der Waals surface area (Å²) in [5, 5.41) is 12.9. The van der Waals surface area contributed by atoms with E-state index >= 15 is 0 Å². The van der Waals surface area contributed by atoms with Crippen molar-refractivity contribution in [3.05, 3.63) is 53.1 Å². The highest BCUT2D eigenvalue weighted by Gasteiger charge is 2.18. The molecule has 0 amide bonds. The summed E-state index contributed by atoms with van der Waals surface area (Å²) in [6.45, 7) is 0. The Balaban J connectivity index is 2.23. The minimum Gasteiger partial charge on any atom is -0.504 e. The Morgan fingerprint density at radius 1 is 1.09 bits per heavy atom. The summed E-state index contributed by atoms with van der Waals surface area (Å²) >= 11 is 0. The molecule has 0 saturated carbocycles. The largest absolute Gasteiger partial charge is 0.504 e. The van der Waals surface area contributed by atoms with Gasteiger partial charge in [-0.1, -0.05) is 0 Å². The van der Waals surface area contributed by atoms with Gasteiger partial charge < -0.3 is 9.84 Å². The van der Waals surface area contributed by atoms with Crippen LogP contribution in [0.25, 0.3) is 0 Å². The van der Waals surface area contributed by atoms with Crippen molar-refractivity contribution in [2.75, 3.05) is 12.5 Å². The standard InChI is InChI=1S/C14H10F4N2O2/c1-22-11-4-7(2-3-10(11)21)6-19-20-14-12(17)8(15)5-9(16)13(14)18/h2-6,20-21H,1H3. The number of phenols is 1. The molecule has 2 aromatic carbocycles. The number of phenolic OH excluding ortho intramolecular Hbond substituents is 1. The second-order valence-electron chi connectivity index (χ2n) is 4.14. The van der Waals surface area contributed by atoms with Gasteiger partial charge in [0.25, 0.3) is 0 Å². The molecule has 8 heteroatoms. The number of halogens is 4. The van der Waals surface area contributed by atoms with Crippen molar-refractivity contribution >= 4 is 11.9 Å². The van der Waals surface area contributed by atoms with Gasteiger partial charge in [0.1, 0.15) is 5.69 Å². The molecule has 2 rings (SSSR count). The number of aromatic hydroxyl groups is 1. The Labute approximate surface area is 122 Å². The number of benzene rings is 2. The van der Waals surface area contributed by atoms with Crippen molar-refractivity contribution in [2.24, 2.45) is 5.10 Å². The van der Waals surface area contributed by atoms with Gasteiger partial charge >= 0.3 is 0 Å². The molecule has 22 heavy (non-hydrogen) atoms. The van der Waals surface area contributed by atoms with Gasteiger partial charge in [-0.25, -0.2) is 17.6 Å². The van der Waals surface area contributed by atoms with E-state index in [0.717, 1.165) is 6.21 Å². The number of hydrazone groups is 1. The van der Waals surface area contributed by atoms with Crippen LogP contribution in [0.4, 0.5) is 23.2 Å². The van der Waals surface area contributed by atoms with Gasteiger partial charge in [-0.3, -0.25) is 5.43 Å². The van der Waals surface area contributed by atoms with Crippen LogP contribution >= 0.6 is 0 Å². The topological polar surface area (TPSA) is 53.8 Å². The smallest absolute Gasteiger partial charge is 0.186 e. The molecule has 0 bridgehead atoms. The van der Waals surface area contributed by atoms with Crippen molar-refractivity contribution < 1.29 is 27.4 Å². The van der Waals surface area contributed by atoms with Crippen LogP contribution in [0.5, 0.6) is 11.5 Å². The van der Waals surface area contributed by atoms with Crippen LogP contribution in [0.3, 0.4) is 0 Å². The number of hydrogen-bond donors (Lipinski definition) is 2. The normalized spacial score (nSPS) is 11.0. The molecule has 0 unspecified atom stereocenters. The molecule has 0 aliphatic heterocycles. The highest BCUT2D eigenvalue weighted by atomic mass is 19.2. The number of methoxy groups -OCH3 is 1. The van der Waals surface area contributed by atoms with Crippen LogP contribution in [-0.4, -0.2) is 18.4 Å². The van der Waals surface area contributed by atoms with E-state index in [1.54, 1.807) is 0 Å². The highest BCUT2D eigenvalue weighted by molar-refractivity contribution is 5.81. The van der Waals surface area contributed by atoms with E-state index in [4.69, 9.17) is 4.74 Å². The minimum atomic E-state index is -1.58. The van der Waals surface area contributed by atoms with Gasteiger partial charge in [0.2, 0.25) is 0 Å². The molecule has 0 aromatic heterocycles. The first-order valence-corrected chi connectivity index (χ1v) is 5.93. The van der Waals surface area contributed by atoms with Gasteiger partial charge in [-0.15, -0.1) is 0 Å². The summed E-state index contributed by atoms with van der Waals surface area (Å²) in [6, 6.07) is 4.27. The van der Waals surface area contributed by atoms with Crippen molar-refractivity contribution in [1.29, 1.82) is 0 Å². The number of rotatable bonds is 4. The Morgan fingerprint density at radius 3 is 2.32 bits per heavy atom. The average Bonchev–Trinajstić information content (AvgIpc) is 2.50. The molecule has 0 aliphatic carbocycles. The van der Waals surface area contributed by atoms with Crippen LogP contribution in [0.2, 0.25) is 0 Å². The third-order valence-electron chi connectivity index (χ3n) is 2.71. The molecule has 0 aliphatic rings. The van der Waals surface area contributed by atoms with E-state index in [1.165, 1.54) is 25.3 Å². The first kappa shape index (κ1) is 15.6. The summed E-state index contributed by atoms with van der Waals surface area (Å²) in [5.74, 6) is -6.18. The molecule has 0 radical (unpaired) electrons. The third kappa shape index (κ3) is 3.11. The van der Waals surface area contributed by atoms with E-state index in [9.17, 15) is 22.7 Å². The average molecular weight is 314 g/mol. The van der Waals surface area contributed by atoms with Crippen molar-refractivity contribution in [3.8, 4) is 11.5 Å². The molecule has 0 atom stereocenters.